The van der Waals surface area contributed by atoms with E-state index >= 15 is 0 Å². The second-order valence-electron chi connectivity index (χ2n) is 8.10. The van der Waals surface area contributed by atoms with Gasteiger partial charge in [-0.2, -0.15) is 14.7 Å². The first-order chi connectivity index (χ1) is 16.2. The Morgan fingerprint density at radius 3 is 2.62 bits per heavy atom. The summed E-state index contributed by atoms with van der Waals surface area (Å²) in [5, 5.41) is 24.0. The molecule has 0 aliphatic carbocycles. The number of carboxylic acids is 1. The van der Waals surface area contributed by atoms with E-state index in [-0.39, 0.29) is 23.6 Å². The van der Waals surface area contributed by atoms with E-state index in [1.807, 2.05) is 6.92 Å². The number of rotatable bonds is 7. The smallest absolute Gasteiger partial charge is 0.309 e. The maximum atomic E-state index is 14.1. The molecule has 1 N–H and O–H groups in total. The lowest BCUT2D eigenvalue weighted by Crippen LogP contribution is -2.36. The summed E-state index contributed by atoms with van der Waals surface area (Å²) < 4.78 is 48.9. The number of ether oxygens (including phenoxy) is 1. The molecule has 1 saturated heterocycles. The Morgan fingerprint density at radius 2 is 2.00 bits per heavy atom. The van der Waals surface area contributed by atoms with E-state index in [0.717, 1.165) is 4.31 Å². The Labute approximate surface area is 196 Å². The van der Waals surface area contributed by atoms with Crippen molar-refractivity contribution in [3.8, 4) is 11.8 Å². The van der Waals surface area contributed by atoms with Crippen molar-refractivity contribution in [1.29, 1.82) is 5.26 Å². The number of halogens is 1. The van der Waals surface area contributed by atoms with E-state index in [9.17, 15) is 28.0 Å². The highest BCUT2D eigenvalue weighted by molar-refractivity contribution is 7.89. The third-order valence-electron chi connectivity index (χ3n) is 6.03. The third-order valence-corrected chi connectivity index (χ3v) is 7.90. The van der Waals surface area contributed by atoms with Crippen LogP contribution in [0.5, 0.6) is 5.75 Å². The molecule has 1 aromatic heterocycles. The van der Waals surface area contributed by atoms with E-state index in [1.54, 1.807) is 19.1 Å². The second-order valence-corrected chi connectivity index (χ2v) is 9.99. The number of benzene rings is 2. The Bertz CT molecular complexity index is 1380. The molecule has 34 heavy (non-hydrogen) atoms. The zero-order valence-electron chi connectivity index (χ0n) is 18.6. The van der Waals surface area contributed by atoms with Gasteiger partial charge in [0.15, 0.2) is 0 Å². The fourth-order valence-electron chi connectivity index (χ4n) is 4.38. The molecule has 178 valence electrons. The summed E-state index contributed by atoms with van der Waals surface area (Å²) in [4.78, 5) is 11.3. The van der Waals surface area contributed by atoms with E-state index in [4.69, 9.17) is 4.74 Å². The van der Waals surface area contributed by atoms with Gasteiger partial charge in [-0.3, -0.25) is 9.48 Å². The quantitative estimate of drug-likeness (QED) is 0.544. The van der Waals surface area contributed by atoms with Crippen LogP contribution in [0.4, 0.5) is 4.39 Å². The molecule has 2 aromatic carbocycles. The number of carboxylic acid groups (broad SMARTS) is 1. The zero-order valence-corrected chi connectivity index (χ0v) is 19.4. The van der Waals surface area contributed by atoms with Crippen LogP contribution in [0.2, 0.25) is 0 Å². The topological polar surface area (TPSA) is 126 Å². The molecule has 0 bridgehead atoms. The first kappa shape index (κ1) is 23.7. The molecular weight excluding hydrogens is 463 g/mol. The summed E-state index contributed by atoms with van der Waals surface area (Å²) in [5.41, 5.74) is 0.598. The van der Waals surface area contributed by atoms with Crippen molar-refractivity contribution in [1.82, 2.24) is 14.1 Å². The summed E-state index contributed by atoms with van der Waals surface area (Å²) in [6, 6.07) is 10.4. The van der Waals surface area contributed by atoms with Crippen molar-refractivity contribution in [3.63, 3.8) is 0 Å². The Kier molecular flexibility index (Phi) is 6.29. The van der Waals surface area contributed by atoms with Gasteiger partial charge >= 0.3 is 5.97 Å². The van der Waals surface area contributed by atoms with Crippen molar-refractivity contribution in [3.05, 3.63) is 54.0 Å². The van der Waals surface area contributed by atoms with Gasteiger partial charge in [-0.15, -0.1) is 0 Å². The van der Waals surface area contributed by atoms with Gasteiger partial charge in [-0.25, -0.2) is 12.8 Å². The summed E-state index contributed by atoms with van der Waals surface area (Å²) in [6.07, 6.45) is -0.369. The number of nitrogens with zero attached hydrogens (tertiary/aromatic N) is 4. The molecule has 1 aliphatic rings. The number of aliphatic carboxylic acids is 1. The summed E-state index contributed by atoms with van der Waals surface area (Å²) in [7, 11) is -4.03. The van der Waals surface area contributed by atoms with Crippen LogP contribution in [0.15, 0.2) is 47.4 Å². The molecule has 0 radical (unpaired) electrons. The van der Waals surface area contributed by atoms with Gasteiger partial charge in [0.1, 0.15) is 17.6 Å². The van der Waals surface area contributed by atoms with Gasteiger partial charge in [0.2, 0.25) is 10.0 Å². The predicted octanol–water partition coefficient (Wildman–Crippen LogP) is 2.98. The van der Waals surface area contributed by atoms with Crippen molar-refractivity contribution < 1.29 is 27.4 Å². The molecule has 0 spiro atoms. The Morgan fingerprint density at radius 1 is 1.29 bits per heavy atom. The van der Waals surface area contributed by atoms with Crippen LogP contribution in [-0.2, 0) is 21.2 Å². The Hall–Kier alpha value is -3.49. The molecule has 0 saturated carbocycles. The molecule has 4 rings (SSSR count). The highest BCUT2D eigenvalue weighted by Crippen LogP contribution is 2.39. The maximum absolute atomic E-state index is 14.1. The van der Waals surface area contributed by atoms with Crippen molar-refractivity contribution in [2.24, 2.45) is 5.92 Å². The van der Waals surface area contributed by atoms with Crippen LogP contribution < -0.4 is 4.74 Å². The number of aromatic nitrogens is 2. The molecule has 11 heteroatoms. The number of carbonyl (C=O) groups is 1. The fourth-order valence-corrected chi connectivity index (χ4v) is 6.02. The monoisotopic (exact) mass is 486 g/mol. The molecule has 3 aromatic rings. The number of sulfonamides is 1. The first-order valence-electron chi connectivity index (χ1n) is 10.7. The van der Waals surface area contributed by atoms with Crippen LogP contribution in [0, 0.1) is 23.1 Å². The van der Waals surface area contributed by atoms with Crippen molar-refractivity contribution in [2.75, 3.05) is 13.2 Å². The first-order valence-corrected chi connectivity index (χ1v) is 12.1. The highest BCUT2D eigenvalue weighted by atomic mass is 32.2. The van der Waals surface area contributed by atoms with Crippen molar-refractivity contribution in [2.45, 2.75) is 37.2 Å². The highest BCUT2D eigenvalue weighted by Gasteiger charge is 2.47. The van der Waals surface area contributed by atoms with Crippen LogP contribution >= 0.6 is 0 Å². The molecular formula is C23H23FN4O5S. The van der Waals surface area contributed by atoms with Crippen molar-refractivity contribution >= 4 is 26.9 Å². The van der Waals surface area contributed by atoms with Gasteiger partial charge in [-0.1, -0.05) is 6.92 Å². The van der Waals surface area contributed by atoms with Crippen LogP contribution in [-0.4, -0.2) is 52.8 Å². The molecule has 1 unspecified atom stereocenters. The van der Waals surface area contributed by atoms with Gasteiger partial charge in [0, 0.05) is 17.8 Å². The standard InChI is InChI=1S/C23H23FN4O5S/c1-3-33-16-5-7-17(8-6-16)34(31,32)27-13-22(14(2)21(27)12-25)28-20-10-15(24)4-9-18(20)19(26-28)11-23(29)30/h4-10,14,21-22H,3,11,13H2,1-2H3,(H,29,30)/t14-,21?,22+/m1/s1. The van der Waals surface area contributed by atoms with Gasteiger partial charge in [0.05, 0.1) is 41.2 Å². The number of hydrogen-bond donors (Lipinski definition) is 1. The van der Waals surface area contributed by atoms with Crippen LogP contribution in [0.25, 0.3) is 10.9 Å². The average molecular weight is 487 g/mol. The Balaban J connectivity index is 1.75. The third kappa shape index (κ3) is 4.10. The molecule has 1 fully saturated rings. The lowest BCUT2D eigenvalue weighted by molar-refractivity contribution is -0.136. The molecule has 1 aliphatic heterocycles. The largest absolute Gasteiger partial charge is 0.494 e. The van der Waals surface area contributed by atoms with E-state index in [2.05, 4.69) is 11.2 Å². The molecule has 9 nitrogen and oxygen atoms in total. The minimum absolute atomic E-state index is 0.0204. The zero-order chi connectivity index (χ0) is 24.6. The SMILES string of the molecule is CCOc1ccc(S(=O)(=O)N2C[C@H](n3nc(CC(=O)O)c4ccc(F)cc43)[C@H](C)C2C#N)cc1. The van der Waals surface area contributed by atoms with E-state index in [1.165, 1.54) is 35.0 Å². The van der Waals surface area contributed by atoms with Crippen LogP contribution in [0.1, 0.15) is 25.6 Å². The lowest BCUT2D eigenvalue weighted by Gasteiger charge is -2.20. The predicted molar refractivity (Wildman–Crippen MR) is 120 cm³/mol. The summed E-state index contributed by atoms with van der Waals surface area (Å²) in [5.74, 6) is -1.59. The maximum Gasteiger partial charge on any atom is 0.309 e. The normalized spacial score (nSPS) is 20.9. The minimum Gasteiger partial charge on any atom is -0.494 e. The average Bonchev–Trinajstić information content (AvgIpc) is 3.31. The number of nitriles is 1. The summed E-state index contributed by atoms with van der Waals surface area (Å²) >= 11 is 0. The van der Waals surface area contributed by atoms with Gasteiger partial charge in [0.25, 0.3) is 0 Å². The molecule has 3 atom stereocenters. The molecule has 2 heterocycles. The second kappa shape index (κ2) is 9.04. The summed E-state index contributed by atoms with van der Waals surface area (Å²) in [6.45, 7) is 3.92. The fraction of sp³-hybridized carbons (Fsp3) is 0.348. The van der Waals surface area contributed by atoms with Crippen LogP contribution in [0.3, 0.4) is 0 Å². The van der Waals surface area contributed by atoms with E-state index < -0.39 is 39.8 Å². The minimum atomic E-state index is -4.03. The van der Waals surface area contributed by atoms with E-state index in [0.29, 0.717) is 23.3 Å². The van der Waals surface area contributed by atoms with Gasteiger partial charge < -0.3 is 9.84 Å². The van der Waals surface area contributed by atoms with Gasteiger partial charge in [-0.05, 0) is 49.4 Å². The number of hydrogen-bond acceptors (Lipinski definition) is 6. The number of fused-ring (bicyclic) bond motifs is 1. The molecule has 0 amide bonds. The lowest BCUT2D eigenvalue weighted by atomic mass is 10.00.